The SMILES string of the molecule is O=C(CS(=O)Cc1cccc(C(=O)O)c1)Nc1ccccn1. The first-order valence-corrected chi connectivity index (χ1v) is 7.91. The zero-order chi connectivity index (χ0) is 15.9. The molecule has 2 aromatic rings. The third kappa shape index (κ3) is 4.78. The fraction of sp³-hybridized carbons (Fsp3) is 0.133. The Morgan fingerprint density at radius 1 is 1.18 bits per heavy atom. The maximum atomic E-state index is 12.0. The van der Waals surface area contributed by atoms with E-state index in [0.29, 0.717) is 11.4 Å². The van der Waals surface area contributed by atoms with Crippen LogP contribution in [0.5, 0.6) is 0 Å². The van der Waals surface area contributed by atoms with E-state index >= 15 is 0 Å². The van der Waals surface area contributed by atoms with Crippen LogP contribution in [0.2, 0.25) is 0 Å². The number of pyridine rings is 1. The molecule has 0 radical (unpaired) electrons. The van der Waals surface area contributed by atoms with Gasteiger partial charge in [-0.3, -0.25) is 9.00 Å². The number of hydrogen-bond acceptors (Lipinski definition) is 4. The summed E-state index contributed by atoms with van der Waals surface area (Å²) in [6.45, 7) is 0. The summed E-state index contributed by atoms with van der Waals surface area (Å²) in [7, 11) is -1.43. The number of nitrogens with one attached hydrogen (secondary N) is 1. The van der Waals surface area contributed by atoms with Crippen molar-refractivity contribution in [1.82, 2.24) is 4.98 Å². The molecule has 1 aromatic carbocycles. The Morgan fingerprint density at radius 2 is 2.00 bits per heavy atom. The monoisotopic (exact) mass is 318 g/mol. The Bertz CT molecular complexity index is 704. The van der Waals surface area contributed by atoms with Crippen LogP contribution in [-0.4, -0.2) is 31.9 Å². The number of amides is 1. The summed E-state index contributed by atoms with van der Waals surface area (Å²) in [6, 6.07) is 11.3. The van der Waals surface area contributed by atoms with Crippen molar-refractivity contribution in [3.05, 3.63) is 59.8 Å². The summed E-state index contributed by atoms with van der Waals surface area (Å²) < 4.78 is 12.0. The molecule has 0 saturated heterocycles. The number of carboxylic acid groups (broad SMARTS) is 1. The van der Waals surface area contributed by atoms with E-state index < -0.39 is 22.7 Å². The highest BCUT2D eigenvalue weighted by Crippen LogP contribution is 2.08. The number of nitrogens with zero attached hydrogens (tertiary/aromatic N) is 1. The van der Waals surface area contributed by atoms with Gasteiger partial charge in [-0.25, -0.2) is 9.78 Å². The lowest BCUT2D eigenvalue weighted by Gasteiger charge is -2.05. The lowest BCUT2D eigenvalue weighted by atomic mass is 10.1. The minimum atomic E-state index is -1.43. The maximum absolute atomic E-state index is 12.0. The standard InChI is InChI=1S/C15H14N2O4S/c18-14(17-13-6-1-2-7-16-13)10-22(21)9-11-4-3-5-12(8-11)15(19)20/h1-8H,9-10H2,(H,19,20)(H,16,17,18). The summed E-state index contributed by atoms with van der Waals surface area (Å²) in [5.41, 5.74) is 0.747. The van der Waals surface area contributed by atoms with Gasteiger partial charge in [-0.05, 0) is 29.8 Å². The van der Waals surface area contributed by atoms with Gasteiger partial charge in [0.25, 0.3) is 0 Å². The van der Waals surface area contributed by atoms with Crippen molar-refractivity contribution in [3.63, 3.8) is 0 Å². The first kappa shape index (κ1) is 15.8. The summed E-state index contributed by atoms with van der Waals surface area (Å²) >= 11 is 0. The van der Waals surface area contributed by atoms with Crippen molar-refractivity contribution in [2.45, 2.75) is 5.75 Å². The van der Waals surface area contributed by atoms with Gasteiger partial charge in [0, 0.05) is 22.7 Å². The predicted octanol–water partition coefficient (Wildman–Crippen LogP) is 1.67. The predicted molar refractivity (Wildman–Crippen MR) is 83.0 cm³/mol. The van der Waals surface area contributed by atoms with Crippen molar-refractivity contribution >= 4 is 28.5 Å². The van der Waals surface area contributed by atoms with Crippen LogP contribution in [0.3, 0.4) is 0 Å². The van der Waals surface area contributed by atoms with Gasteiger partial charge in [0.05, 0.1) is 5.56 Å². The molecule has 2 N–H and O–H groups in total. The molecule has 7 heteroatoms. The van der Waals surface area contributed by atoms with Gasteiger partial charge in [0.1, 0.15) is 11.6 Å². The first-order chi connectivity index (χ1) is 10.5. The number of aromatic nitrogens is 1. The molecule has 6 nitrogen and oxygen atoms in total. The molecule has 1 aromatic heterocycles. The van der Waals surface area contributed by atoms with Gasteiger partial charge >= 0.3 is 5.97 Å². The Balaban J connectivity index is 1.91. The van der Waals surface area contributed by atoms with Crippen LogP contribution in [-0.2, 0) is 21.3 Å². The molecule has 1 atom stereocenters. The minimum absolute atomic E-state index is 0.122. The average molecular weight is 318 g/mol. The number of carbonyl (C=O) groups excluding carboxylic acids is 1. The number of anilines is 1. The summed E-state index contributed by atoms with van der Waals surface area (Å²) in [5.74, 6) is -1.09. The summed E-state index contributed by atoms with van der Waals surface area (Å²) in [6.07, 6.45) is 1.55. The fourth-order valence-corrected chi connectivity index (χ4v) is 2.81. The van der Waals surface area contributed by atoms with Gasteiger partial charge in [0.2, 0.25) is 5.91 Å². The number of benzene rings is 1. The van der Waals surface area contributed by atoms with E-state index in [2.05, 4.69) is 10.3 Å². The molecule has 0 aliphatic rings. The fourth-order valence-electron chi connectivity index (χ4n) is 1.79. The number of rotatable bonds is 6. The third-order valence-corrected chi connectivity index (χ3v) is 3.97. The smallest absolute Gasteiger partial charge is 0.335 e. The second-order valence-corrected chi connectivity index (χ2v) is 5.95. The third-order valence-electron chi connectivity index (χ3n) is 2.73. The zero-order valence-corrected chi connectivity index (χ0v) is 12.4. The molecular weight excluding hydrogens is 304 g/mol. The Kier molecular flexibility index (Phi) is 5.37. The molecule has 2 rings (SSSR count). The van der Waals surface area contributed by atoms with E-state index in [4.69, 9.17) is 5.11 Å². The van der Waals surface area contributed by atoms with Crippen LogP contribution in [0.1, 0.15) is 15.9 Å². The van der Waals surface area contributed by atoms with E-state index in [-0.39, 0.29) is 17.1 Å². The first-order valence-electron chi connectivity index (χ1n) is 6.42. The van der Waals surface area contributed by atoms with Gasteiger partial charge in [-0.1, -0.05) is 18.2 Å². The topological polar surface area (TPSA) is 96.4 Å². The largest absolute Gasteiger partial charge is 0.478 e. The quantitative estimate of drug-likeness (QED) is 0.844. The Hall–Kier alpha value is -2.54. The molecule has 0 bridgehead atoms. The van der Waals surface area contributed by atoms with Gasteiger partial charge < -0.3 is 10.4 Å². The molecule has 0 spiro atoms. The van der Waals surface area contributed by atoms with Crippen LogP contribution in [0.25, 0.3) is 0 Å². The molecule has 0 fully saturated rings. The molecule has 1 heterocycles. The number of carbonyl (C=O) groups is 2. The highest BCUT2D eigenvalue weighted by atomic mass is 32.2. The van der Waals surface area contributed by atoms with E-state index in [9.17, 15) is 13.8 Å². The van der Waals surface area contributed by atoms with Crippen molar-refractivity contribution < 1.29 is 18.9 Å². The second-order valence-electron chi connectivity index (χ2n) is 4.50. The number of aromatic carboxylic acids is 1. The molecule has 0 aliphatic carbocycles. The van der Waals surface area contributed by atoms with Crippen LogP contribution >= 0.6 is 0 Å². The number of hydrogen-bond donors (Lipinski definition) is 2. The lowest BCUT2D eigenvalue weighted by molar-refractivity contribution is -0.113. The summed E-state index contributed by atoms with van der Waals surface area (Å²) in [5, 5.41) is 11.5. The second kappa shape index (κ2) is 7.46. The molecule has 0 saturated carbocycles. The Labute approximate surface area is 129 Å². The van der Waals surface area contributed by atoms with E-state index in [0.717, 1.165) is 0 Å². The highest BCUT2D eigenvalue weighted by Gasteiger charge is 2.11. The van der Waals surface area contributed by atoms with E-state index in [1.165, 1.54) is 12.1 Å². The van der Waals surface area contributed by atoms with Crippen molar-refractivity contribution in [2.75, 3.05) is 11.1 Å². The van der Waals surface area contributed by atoms with Crippen LogP contribution in [0.4, 0.5) is 5.82 Å². The molecule has 1 unspecified atom stereocenters. The zero-order valence-electron chi connectivity index (χ0n) is 11.6. The van der Waals surface area contributed by atoms with Gasteiger partial charge in [-0.2, -0.15) is 0 Å². The van der Waals surface area contributed by atoms with Crippen molar-refractivity contribution in [3.8, 4) is 0 Å². The van der Waals surface area contributed by atoms with Crippen LogP contribution in [0, 0.1) is 0 Å². The normalized spacial score (nSPS) is 11.6. The molecule has 114 valence electrons. The van der Waals surface area contributed by atoms with E-state index in [1.807, 2.05) is 0 Å². The molecular formula is C15H14N2O4S. The van der Waals surface area contributed by atoms with Crippen LogP contribution < -0.4 is 5.32 Å². The number of carboxylic acids is 1. The maximum Gasteiger partial charge on any atom is 0.335 e. The van der Waals surface area contributed by atoms with Gasteiger partial charge in [0.15, 0.2) is 0 Å². The van der Waals surface area contributed by atoms with Crippen molar-refractivity contribution in [1.29, 1.82) is 0 Å². The van der Waals surface area contributed by atoms with Crippen LogP contribution in [0.15, 0.2) is 48.7 Å². The van der Waals surface area contributed by atoms with Crippen molar-refractivity contribution in [2.24, 2.45) is 0 Å². The lowest BCUT2D eigenvalue weighted by Crippen LogP contribution is -2.20. The summed E-state index contributed by atoms with van der Waals surface area (Å²) in [4.78, 5) is 26.6. The Morgan fingerprint density at radius 3 is 2.68 bits per heavy atom. The molecule has 22 heavy (non-hydrogen) atoms. The van der Waals surface area contributed by atoms with Gasteiger partial charge in [-0.15, -0.1) is 0 Å². The highest BCUT2D eigenvalue weighted by molar-refractivity contribution is 7.84. The minimum Gasteiger partial charge on any atom is -0.478 e. The molecule has 0 aliphatic heterocycles. The van der Waals surface area contributed by atoms with E-state index in [1.54, 1.807) is 36.5 Å². The average Bonchev–Trinajstić information content (AvgIpc) is 2.48. The molecule has 1 amide bonds.